The molecule has 0 fully saturated rings. The predicted molar refractivity (Wildman–Crippen MR) is 162 cm³/mol. The lowest BCUT2D eigenvalue weighted by atomic mass is 9.98. The number of unbranched alkanes of at least 4 members (excludes halogenated alkanes) is 7. The Morgan fingerprint density at radius 2 is 0.789 bits per heavy atom. The maximum atomic E-state index is 11.3. The van der Waals surface area contributed by atoms with E-state index in [0.717, 1.165) is 77.0 Å². The fourth-order valence-corrected chi connectivity index (χ4v) is 4.48. The van der Waals surface area contributed by atoms with Crippen molar-refractivity contribution in [1.29, 1.82) is 0 Å². The lowest BCUT2D eigenvalue weighted by Crippen LogP contribution is -1.99. The lowest BCUT2D eigenvalue weighted by Gasteiger charge is -2.09. The Morgan fingerprint density at radius 3 is 1.11 bits per heavy atom. The van der Waals surface area contributed by atoms with Crippen molar-refractivity contribution in [3.8, 4) is 0 Å². The van der Waals surface area contributed by atoms with Gasteiger partial charge in [0.2, 0.25) is 0 Å². The van der Waals surface area contributed by atoms with Crippen molar-refractivity contribution in [3.63, 3.8) is 0 Å². The van der Waals surface area contributed by atoms with Crippen LogP contribution in [0.4, 0.5) is 0 Å². The van der Waals surface area contributed by atoms with Gasteiger partial charge in [0, 0.05) is 12.8 Å². The SMILES string of the molecule is COC(=O)CCCCCC/C(=C/CC/C=C(\CCC=C(C)C)CCCCCCC(=O)OC)CCC=C(C)C. The molecule has 0 aliphatic rings. The van der Waals surface area contributed by atoms with Crippen LogP contribution in [-0.2, 0) is 19.1 Å². The second-order valence-corrected chi connectivity index (χ2v) is 10.9. The molecule has 0 aromatic carbocycles. The molecule has 4 heteroatoms. The summed E-state index contributed by atoms with van der Waals surface area (Å²) in [5.74, 6) is -0.196. The zero-order chi connectivity index (χ0) is 28.4. The molecule has 218 valence electrons. The van der Waals surface area contributed by atoms with E-state index in [9.17, 15) is 9.59 Å². The normalized spacial score (nSPS) is 11.7. The molecule has 0 heterocycles. The van der Waals surface area contributed by atoms with Crippen LogP contribution in [0, 0.1) is 0 Å². The fourth-order valence-electron chi connectivity index (χ4n) is 4.48. The molecule has 0 aliphatic heterocycles. The number of carbonyl (C=O) groups excluding carboxylic acids is 2. The second kappa shape index (κ2) is 25.2. The highest BCUT2D eigenvalue weighted by atomic mass is 16.5. The van der Waals surface area contributed by atoms with Crippen LogP contribution in [0.3, 0.4) is 0 Å². The zero-order valence-corrected chi connectivity index (χ0v) is 25.7. The first-order valence-corrected chi connectivity index (χ1v) is 15.0. The third-order valence-electron chi connectivity index (χ3n) is 6.78. The van der Waals surface area contributed by atoms with Crippen LogP contribution in [0.5, 0.6) is 0 Å². The summed E-state index contributed by atoms with van der Waals surface area (Å²) in [4.78, 5) is 22.6. The van der Waals surface area contributed by atoms with Crippen molar-refractivity contribution in [3.05, 3.63) is 46.6 Å². The minimum atomic E-state index is -0.0980. The number of methoxy groups -OCH3 is 2. The third kappa shape index (κ3) is 24.2. The van der Waals surface area contributed by atoms with Gasteiger partial charge in [-0.05, 0) is 105 Å². The maximum absolute atomic E-state index is 11.3. The van der Waals surface area contributed by atoms with E-state index in [0.29, 0.717) is 12.8 Å². The summed E-state index contributed by atoms with van der Waals surface area (Å²) in [6, 6.07) is 0. The van der Waals surface area contributed by atoms with Gasteiger partial charge in [-0.15, -0.1) is 0 Å². The highest BCUT2D eigenvalue weighted by Gasteiger charge is 2.03. The van der Waals surface area contributed by atoms with E-state index >= 15 is 0 Å². The van der Waals surface area contributed by atoms with Crippen LogP contribution >= 0.6 is 0 Å². The van der Waals surface area contributed by atoms with Gasteiger partial charge in [0.05, 0.1) is 14.2 Å². The first kappa shape index (κ1) is 35.9. The van der Waals surface area contributed by atoms with Gasteiger partial charge in [0.1, 0.15) is 0 Å². The maximum Gasteiger partial charge on any atom is 0.305 e. The van der Waals surface area contributed by atoms with E-state index < -0.39 is 0 Å². The van der Waals surface area contributed by atoms with Crippen molar-refractivity contribution in [2.45, 2.75) is 143 Å². The molecule has 0 N–H and O–H groups in total. The smallest absolute Gasteiger partial charge is 0.305 e. The molecule has 38 heavy (non-hydrogen) atoms. The minimum Gasteiger partial charge on any atom is -0.469 e. The van der Waals surface area contributed by atoms with Crippen LogP contribution in [-0.4, -0.2) is 26.2 Å². The fraction of sp³-hybridized carbons (Fsp3) is 0.706. The van der Waals surface area contributed by atoms with E-state index in [4.69, 9.17) is 9.47 Å². The average Bonchev–Trinajstić information content (AvgIpc) is 2.88. The molecular formula is C34H58O4. The Labute approximate surface area is 235 Å². The summed E-state index contributed by atoms with van der Waals surface area (Å²) in [5.41, 5.74) is 5.95. The molecule has 0 saturated heterocycles. The summed E-state index contributed by atoms with van der Waals surface area (Å²) in [6.07, 6.45) is 28.6. The molecular weight excluding hydrogens is 472 g/mol. The molecule has 0 amide bonds. The number of allylic oxidation sites excluding steroid dienone is 8. The molecule has 0 atom stereocenters. The summed E-state index contributed by atoms with van der Waals surface area (Å²) >= 11 is 0. The van der Waals surface area contributed by atoms with E-state index in [-0.39, 0.29) is 11.9 Å². The van der Waals surface area contributed by atoms with Gasteiger partial charge >= 0.3 is 11.9 Å². The van der Waals surface area contributed by atoms with Gasteiger partial charge in [-0.3, -0.25) is 9.59 Å². The van der Waals surface area contributed by atoms with Crippen molar-refractivity contribution >= 4 is 11.9 Å². The van der Waals surface area contributed by atoms with Crippen molar-refractivity contribution in [1.82, 2.24) is 0 Å². The van der Waals surface area contributed by atoms with Gasteiger partial charge in [-0.1, -0.05) is 72.3 Å². The van der Waals surface area contributed by atoms with E-state index in [1.165, 1.54) is 51.0 Å². The monoisotopic (exact) mass is 530 g/mol. The van der Waals surface area contributed by atoms with Gasteiger partial charge in [0.15, 0.2) is 0 Å². The molecule has 0 radical (unpaired) electrons. The number of carbonyl (C=O) groups is 2. The number of rotatable bonds is 23. The van der Waals surface area contributed by atoms with Crippen molar-refractivity contribution in [2.75, 3.05) is 14.2 Å². The van der Waals surface area contributed by atoms with Crippen LogP contribution in [0.2, 0.25) is 0 Å². The Balaban J connectivity index is 4.76. The Hall–Kier alpha value is -2.10. The highest BCUT2D eigenvalue weighted by Crippen LogP contribution is 2.21. The minimum absolute atomic E-state index is 0.0980. The summed E-state index contributed by atoms with van der Waals surface area (Å²) in [5, 5.41) is 0. The van der Waals surface area contributed by atoms with Crippen LogP contribution in [0.25, 0.3) is 0 Å². The standard InChI is InChI=1S/C34H58O4/c1-29(2)19-17-25-31(21-11-7-9-13-27-33(35)37-5)23-15-16-24-32(26-18-20-30(3)4)22-12-8-10-14-28-34(36)38-6/h19-20,23-24H,7-18,21-22,25-28H2,1-6H3/b31-23-,32-24-. The molecule has 4 nitrogen and oxygen atoms in total. The van der Waals surface area contributed by atoms with Gasteiger partial charge in [0.25, 0.3) is 0 Å². The Morgan fingerprint density at radius 1 is 0.447 bits per heavy atom. The molecule has 0 spiro atoms. The molecule has 0 saturated carbocycles. The van der Waals surface area contributed by atoms with Gasteiger partial charge < -0.3 is 9.47 Å². The summed E-state index contributed by atoms with van der Waals surface area (Å²) in [6.45, 7) is 8.69. The Bertz CT molecular complexity index is 682. The zero-order valence-electron chi connectivity index (χ0n) is 25.7. The number of hydrogen-bond donors (Lipinski definition) is 0. The summed E-state index contributed by atoms with van der Waals surface area (Å²) in [7, 11) is 2.92. The number of hydrogen-bond acceptors (Lipinski definition) is 4. The number of ether oxygens (including phenoxy) is 2. The molecule has 0 aliphatic carbocycles. The molecule has 0 bridgehead atoms. The molecule has 0 unspecified atom stereocenters. The lowest BCUT2D eigenvalue weighted by molar-refractivity contribution is -0.141. The van der Waals surface area contributed by atoms with Crippen molar-refractivity contribution in [2.24, 2.45) is 0 Å². The van der Waals surface area contributed by atoms with Crippen LogP contribution < -0.4 is 0 Å². The van der Waals surface area contributed by atoms with Crippen molar-refractivity contribution < 1.29 is 19.1 Å². The van der Waals surface area contributed by atoms with E-state index in [1.54, 1.807) is 11.1 Å². The van der Waals surface area contributed by atoms with E-state index in [2.05, 4.69) is 52.0 Å². The molecule has 0 rings (SSSR count). The first-order valence-electron chi connectivity index (χ1n) is 15.0. The summed E-state index contributed by atoms with van der Waals surface area (Å²) < 4.78 is 9.47. The van der Waals surface area contributed by atoms with Gasteiger partial charge in [-0.25, -0.2) is 0 Å². The van der Waals surface area contributed by atoms with Crippen LogP contribution in [0.1, 0.15) is 143 Å². The highest BCUT2D eigenvalue weighted by molar-refractivity contribution is 5.69. The quantitative estimate of drug-likeness (QED) is 0.0749. The average molecular weight is 531 g/mol. The third-order valence-corrected chi connectivity index (χ3v) is 6.78. The van der Waals surface area contributed by atoms with Crippen LogP contribution in [0.15, 0.2) is 46.6 Å². The Kier molecular flexibility index (Phi) is 23.8. The topological polar surface area (TPSA) is 52.6 Å². The first-order chi connectivity index (χ1) is 18.3. The van der Waals surface area contributed by atoms with E-state index in [1.807, 2.05) is 0 Å². The largest absolute Gasteiger partial charge is 0.469 e. The number of esters is 2. The van der Waals surface area contributed by atoms with Gasteiger partial charge in [-0.2, -0.15) is 0 Å². The molecule has 0 aromatic heterocycles. The second-order valence-electron chi connectivity index (χ2n) is 10.9. The molecule has 0 aromatic rings. The predicted octanol–water partition coefficient (Wildman–Crippen LogP) is 10.1.